The summed E-state index contributed by atoms with van der Waals surface area (Å²) in [6.45, 7) is 8.77. The lowest BCUT2D eigenvalue weighted by molar-refractivity contribution is -0.182. The fourth-order valence-corrected chi connectivity index (χ4v) is 5.78. The number of aromatic nitrogens is 5. The second-order valence-electron chi connectivity index (χ2n) is 12.5. The highest BCUT2D eigenvalue weighted by molar-refractivity contribution is 6.35. The van der Waals surface area contributed by atoms with Gasteiger partial charge < -0.3 is 10.6 Å². The van der Waals surface area contributed by atoms with Crippen molar-refractivity contribution in [3.63, 3.8) is 0 Å². The Morgan fingerprint density at radius 1 is 1.14 bits per heavy atom. The quantitative estimate of drug-likeness (QED) is 0.191. The molecule has 226 valence electrons. The zero-order valence-electron chi connectivity index (χ0n) is 24.6. The third-order valence-corrected chi connectivity index (χ3v) is 8.25. The van der Waals surface area contributed by atoms with E-state index in [0.717, 1.165) is 26.6 Å². The summed E-state index contributed by atoms with van der Waals surface area (Å²) in [7, 11) is 0. The van der Waals surface area contributed by atoms with Gasteiger partial charge >= 0.3 is 6.18 Å². The van der Waals surface area contributed by atoms with Crippen LogP contribution in [0, 0.1) is 23.7 Å². The van der Waals surface area contributed by atoms with Crippen molar-refractivity contribution in [2.75, 3.05) is 17.2 Å². The van der Waals surface area contributed by atoms with Crippen molar-refractivity contribution in [2.45, 2.75) is 58.3 Å². The number of pyridine rings is 2. The van der Waals surface area contributed by atoms with E-state index in [0.29, 0.717) is 45.1 Å². The summed E-state index contributed by atoms with van der Waals surface area (Å²) in [6.07, 6.45) is 1.83. The molecule has 1 unspecified atom stereocenters. The van der Waals surface area contributed by atoms with Gasteiger partial charge in [-0.15, -0.1) is 5.10 Å². The number of halogens is 4. The first-order chi connectivity index (χ1) is 20.8. The Morgan fingerprint density at radius 2 is 1.91 bits per heavy atom. The molecule has 3 heterocycles. The van der Waals surface area contributed by atoms with E-state index in [9.17, 15) is 18.4 Å². The summed E-state index contributed by atoms with van der Waals surface area (Å²) in [5, 5.41) is 27.8. The molecule has 0 amide bonds. The van der Waals surface area contributed by atoms with Crippen molar-refractivity contribution in [3.8, 4) is 6.07 Å². The molecule has 0 saturated heterocycles. The van der Waals surface area contributed by atoms with Crippen LogP contribution >= 0.6 is 11.6 Å². The smallest absolute Gasteiger partial charge is 0.383 e. The largest absolute Gasteiger partial charge is 0.413 e. The average Bonchev–Trinajstić information content (AvgIpc) is 3.65. The molecule has 1 aliphatic rings. The maximum absolute atomic E-state index is 14.0. The molecule has 0 bridgehead atoms. The van der Waals surface area contributed by atoms with Crippen LogP contribution in [-0.4, -0.2) is 37.7 Å². The third kappa shape index (κ3) is 5.28. The molecule has 2 aromatic carbocycles. The van der Waals surface area contributed by atoms with Gasteiger partial charge in [0, 0.05) is 41.6 Å². The molecular formula is C32H30ClF3N8. The van der Waals surface area contributed by atoms with E-state index in [1.54, 1.807) is 18.5 Å². The molecule has 1 fully saturated rings. The first kappa shape index (κ1) is 29.6. The minimum absolute atomic E-state index is 0.0463. The number of hydrogen-bond acceptors (Lipinski definition) is 7. The van der Waals surface area contributed by atoms with Crippen LogP contribution in [-0.2, 0) is 5.54 Å². The van der Waals surface area contributed by atoms with E-state index in [-0.39, 0.29) is 18.3 Å². The number of nitrogens with one attached hydrogen (secondary N) is 2. The minimum Gasteiger partial charge on any atom is -0.383 e. The van der Waals surface area contributed by atoms with Crippen molar-refractivity contribution in [2.24, 2.45) is 5.41 Å². The van der Waals surface area contributed by atoms with Crippen molar-refractivity contribution in [1.29, 1.82) is 5.26 Å². The maximum atomic E-state index is 14.0. The lowest BCUT2D eigenvalue weighted by atomic mass is 9.95. The highest BCUT2D eigenvalue weighted by Gasteiger charge is 2.66. The number of aryl methyl sites for hydroxylation is 1. The van der Waals surface area contributed by atoms with Gasteiger partial charge in [-0.1, -0.05) is 55.8 Å². The summed E-state index contributed by atoms with van der Waals surface area (Å²) in [4.78, 5) is 8.76. The highest BCUT2D eigenvalue weighted by Crippen LogP contribution is 2.55. The van der Waals surface area contributed by atoms with Crippen LogP contribution in [0.25, 0.3) is 21.7 Å². The van der Waals surface area contributed by atoms with Gasteiger partial charge in [0.15, 0.2) is 5.54 Å². The van der Waals surface area contributed by atoms with Gasteiger partial charge in [0.1, 0.15) is 11.8 Å². The Balaban J connectivity index is 1.51. The van der Waals surface area contributed by atoms with Crippen molar-refractivity contribution < 1.29 is 13.2 Å². The third-order valence-electron chi connectivity index (χ3n) is 7.96. The van der Waals surface area contributed by atoms with Crippen LogP contribution < -0.4 is 10.6 Å². The van der Waals surface area contributed by atoms with Gasteiger partial charge in [-0.05, 0) is 53.8 Å². The molecule has 0 aliphatic heterocycles. The topological polar surface area (TPSA) is 104 Å². The predicted octanol–water partition coefficient (Wildman–Crippen LogP) is 7.92. The zero-order chi connectivity index (χ0) is 31.4. The molecule has 1 aliphatic carbocycles. The number of anilines is 2. The van der Waals surface area contributed by atoms with Gasteiger partial charge in [0.2, 0.25) is 0 Å². The number of rotatable bonds is 7. The molecule has 3 aromatic heterocycles. The van der Waals surface area contributed by atoms with Crippen LogP contribution in [0.15, 0.2) is 55.1 Å². The maximum Gasteiger partial charge on any atom is 0.413 e. The van der Waals surface area contributed by atoms with E-state index in [1.165, 1.54) is 12.4 Å². The number of benzene rings is 2. The van der Waals surface area contributed by atoms with E-state index in [2.05, 4.69) is 57.8 Å². The van der Waals surface area contributed by atoms with Crippen LogP contribution in [0.1, 0.15) is 62.0 Å². The molecule has 0 radical (unpaired) electrons. The van der Waals surface area contributed by atoms with Crippen LogP contribution in [0.2, 0.25) is 5.02 Å². The Labute approximate surface area is 257 Å². The molecular weight excluding hydrogens is 589 g/mol. The first-order valence-electron chi connectivity index (χ1n) is 14.2. The van der Waals surface area contributed by atoms with Crippen molar-refractivity contribution >= 4 is 44.7 Å². The van der Waals surface area contributed by atoms with E-state index < -0.39 is 17.8 Å². The monoisotopic (exact) mass is 618 g/mol. The number of nitriles is 1. The Morgan fingerprint density at radius 3 is 2.59 bits per heavy atom. The lowest BCUT2D eigenvalue weighted by Crippen LogP contribution is -2.35. The summed E-state index contributed by atoms with van der Waals surface area (Å²) >= 11 is 6.76. The molecule has 2 N–H and O–H groups in total. The van der Waals surface area contributed by atoms with E-state index in [4.69, 9.17) is 11.6 Å². The Hall–Kier alpha value is -4.43. The summed E-state index contributed by atoms with van der Waals surface area (Å²) < 4.78 is 42.9. The molecule has 6 rings (SSSR count). The lowest BCUT2D eigenvalue weighted by Gasteiger charge is -2.23. The molecule has 1 atom stereocenters. The summed E-state index contributed by atoms with van der Waals surface area (Å²) in [5.41, 5.74) is 1.95. The Bertz CT molecular complexity index is 1930. The summed E-state index contributed by atoms with van der Waals surface area (Å²) in [6, 6.07) is 10.8. The fourth-order valence-electron chi connectivity index (χ4n) is 5.51. The molecule has 8 nitrogen and oxygen atoms in total. The normalized spacial score (nSPS) is 15.2. The van der Waals surface area contributed by atoms with Crippen LogP contribution in [0.4, 0.5) is 24.5 Å². The highest BCUT2D eigenvalue weighted by atomic mass is 35.5. The number of nitrogens with zero attached hydrogens (tertiary/aromatic N) is 6. The van der Waals surface area contributed by atoms with Crippen molar-refractivity contribution in [1.82, 2.24) is 25.0 Å². The standard InChI is InChI=1S/C32H30ClF3N8/c1-18-13-38-14-19-6-5-7-22(26(18)19)29(25-16-44(43-42-25)31(8-9-31)32(34,35)36)41-21-10-23-27(40-17-30(2,3)4)20(12-37)15-39-28(23)24(33)11-21/h5-7,10-11,13-16,29,41H,8-9,17H2,1-4H3,(H,39,40). The number of hydrogen-bond donors (Lipinski definition) is 2. The molecule has 44 heavy (non-hydrogen) atoms. The summed E-state index contributed by atoms with van der Waals surface area (Å²) in [5.74, 6) is 0. The molecule has 1 saturated carbocycles. The second-order valence-corrected chi connectivity index (χ2v) is 12.9. The first-order valence-corrected chi connectivity index (χ1v) is 14.5. The molecule has 12 heteroatoms. The van der Waals surface area contributed by atoms with Gasteiger partial charge in [0.25, 0.3) is 0 Å². The van der Waals surface area contributed by atoms with Crippen LogP contribution in [0.3, 0.4) is 0 Å². The average molecular weight is 619 g/mol. The predicted molar refractivity (Wildman–Crippen MR) is 165 cm³/mol. The van der Waals surface area contributed by atoms with E-state index >= 15 is 0 Å². The van der Waals surface area contributed by atoms with E-state index in [1.807, 2.05) is 31.2 Å². The van der Waals surface area contributed by atoms with Gasteiger partial charge in [-0.25, -0.2) is 4.68 Å². The number of alkyl halides is 3. The van der Waals surface area contributed by atoms with Gasteiger partial charge in [0.05, 0.1) is 34.0 Å². The SMILES string of the molecule is Cc1cncc2cccc(C(Nc3cc(Cl)c4ncc(C#N)c(NCC(C)(C)C)c4c3)c3cn(C4(C(F)(F)F)CC4)nn3)c12. The van der Waals surface area contributed by atoms with Crippen molar-refractivity contribution in [3.05, 3.63) is 82.5 Å². The number of fused-ring (bicyclic) bond motifs is 2. The Kier molecular flexibility index (Phi) is 7.16. The fraction of sp³-hybridized carbons (Fsp3) is 0.344. The van der Waals surface area contributed by atoms with Gasteiger partial charge in [-0.3, -0.25) is 9.97 Å². The molecule has 5 aromatic rings. The second kappa shape index (κ2) is 10.6. The van der Waals surface area contributed by atoms with Crippen LogP contribution in [0.5, 0.6) is 0 Å². The zero-order valence-corrected chi connectivity index (χ0v) is 25.3. The van der Waals surface area contributed by atoms with Gasteiger partial charge in [-0.2, -0.15) is 18.4 Å². The molecule has 0 spiro atoms. The minimum atomic E-state index is -4.45.